The Morgan fingerprint density at radius 2 is 2.05 bits per heavy atom. The Labute approximate surface area is 127 Å². The predicted octanol–water partition coefficient (Wildman–Crippen LogP) is 1.96. The standard InChI is InChI=1S/C15H14N6O/c1-2-4-11(5-3-1)9-21-7-6-16-14-13(21)8-12(18-19-14)15-20-17-10-22-15/h1-5,8,10H,6-7,9H2,(H,16,19). The van der Waals surface area contributed by atoms with E-state index in [2.05, 4.69) is 42.7 Å². The van der Waals surface area contributed by atoms with Gasteiger partial charge in [0.15, 0.2) is 11.5 Å². The quantitative estimate of drug-likeness (QED) is 0.790. The number of benzene rings is 1. The number of nitrogens with one attached hydrogen (secondary N) is 1. The Morgan fingerprint density at radius 3 is 2.86 bits per heavy atom. The van der Waals surface area contributed by atoms with E-state index in [-0.39, 0.29) is 0 Å². The van der Waals surface area contributed by atoms with Gasteiger partial charge in [0.25, 0.3) is 5.89 Å². The minimum Gasteiger partial charge on any atom is -0.422 e. The molecule has 0 amide bonds. The summed E-state index contributed by atoms with van der Waals surface area (Å²) in [6.45, 7) is 2.57. The molecule has 2 aromatic heterocycles. The third-order valence-electron chi connectivity index (χ3n) is 3.58. The van der Waals surface area contributed by atoms with Crippen molar-refractivity contribution in [3.8, 4) is 11.6 Å². The van der Waals surface area contributed by atoms with E-state index in [0.29, 0.717) is 11.6 Å². The highest BCUT2D eigenvalue weighted by molar-refractivity contribution is 5.71. The van der Waals surface area contributed by atoms with E-state index in [1.54, 1.807) is 0 Å². The summed E-state index contributed by atoms with van der Waals surface area (Å²) in [7, 11) is 0. The van der Waals surface area contributed by atoms with Crippen LogP contribution in [0.5, 0.6) is 0 Å². The number of anilines is 2. The molecular formula is C15H14N6O. The van der Waals surface area contributed by atoms with E-state index in [4.69, 9.17) is 4.42 Å². The van der Waals surface area contributed by atoms with Gasteiger partial charge < -0.3 is 14.6 Å². The van der Waals surface area contributed by atoms with Crippen molar-refractivity contribution < 1.29 is 4.42 Å². The molecule has 7 nitrogen and oxygen atoms in total. The van der Waals surface area contributed by atoms with Gasteiger partial charge in [-0.3, -0.25) is 0 Å². The Morgan fingerprint density at radius 1 is 1.14 bits per heavy atom. The van der Waals surface area contributed by atoms with Crippen LogP contribution in [-0.4, -0.2) is 33.5 Å². The molecule has 1 N–H and O–H groups in total. The Kier molecular flexibility index (Phi) is 3.15. The van der Waals surface area contributed by atoms with Crippen molar-refractivity contribution >= 4 is 11.5 Å². The van der Waals surface area contributed by atoms with Crippen molar-refractivity contribution in [2.24, 2.45) is 0 Å². The largest absolute Gasteiger partial charge is 0.422 e. The van der Waals surface area contributed by atoms with Crippen molar-refractivity contribution in [2.75, 3.05) is 23.3 Å². The summed E-state index contributed by atoms with van der Waals surface area (Å²) >= 11 is 0. The summed E-state index contributed by atoms with van der Waals surface area (Å²) in [5.74, 6) is 1.16. The van der Waals surface area contributed by atoms with E-state index in [1.165, 1.54) is 12.0 Å². The van der Waals surface area contributed by atoms with Gasteiger partial charge in [0.2, 0.25) is 6.39 Å². The summed E-state index contributed by atoms with van der Waals surface area (Å²) in [6.07, 6.45) is 1.29. The van der Waals surface area contributed by atoms with Gasteiger partial charge in [-0.1, -0.05) is 30.3 Å². The predicted molar refractivity (Wildman–Crippen MR) is 81.3 cm³/mol. The average Bonchev–Trinajstić information content (AvgIpc) is 3.10. The molecule has 0 bridgehead atoms. The van der Waals surface area contributed by atoms with Crippen molar-refractivity contribution in [2.45, 2.75) is 6.54 Å². The van der Waals surface area contributed by atoms with Crippen LogP contribution < -0.4 is 10.2 Å². The fraction of sp³-hybridized carbons (Fsp3) is 0.200. The van der Waals surface area contributed by atoms with Crippen LogP contribution in [-0.2, 0) is 6.54 Å². The monoisotopic (exact) mass is 294 g/mol. The van der Waals surface area contributed by atoms with Crippen molar-refractivity contribution in [1.29, 1.82) is 0 Å². The molecule has 0 atom stereocenters. The van der Waals surface area contributed by atoms with Gasteiger partial charge in [0.05, 0.1) is 5.69 Å². The first-order valence-corrected chi connectivity index (χ1v) is 7.07. The smallest absolute Gasteiger partial charge is 0.268 e. The maximum absolute atomic E-state index is 5.20. The molecule has 7 heteroatoms. The van der Waals surface area contributed by atoms with Crippen LogP contribution in [0.2, 0.25) is 0 Å². The zero-order chi connectivity index (χ0) is 14.8. The summed E-state index contributed by atoms with van der Waals surface area (Å²) in [5.41, 5.74) is 2.84. The minimum absolute atomic E-state index is 0.375. The van der Waals surface area contributed by atoms with Gasteiger partial charge in [0.1, 0.15) is 0 Å². The van der Waals surface area contributed by atoms with Gasteiger partial charge in [-0.05, 0) is 11.6 Å². The first-order valence-electron chi connectivity index (χ1n) is 7.07. The van der Waals surface area contributed by atoms with Gasteiger partial charge >= 0.3 is 0 Å². The summed E-state index contributed by atoms with van der Waals surface area (Å²) < 4.78 is 5.20. The number of nitrogens with zero attached hydrogens (tertiary/aromatic N) is 5. The topological polar surface area (TPSA) is 80.0 Å². The summed E-state index contributed by atoms with van der Waals surface area (Å²) in [4.78, 5) is 2.27. The molecule has 3 heterocycles. The summed E-state index contributed by atoms with van der Waals surface area (Å²) in [5, 5.41) is 19.2. The van der Waals surface area contributed by atoms with Gasteiger partial charge in [-0.2, -0.15) is 0 Å². The zero-order valence-electron chi connectivity index (χ0n) is 11.8. The molecule has 0 spiro atoms. The van der Waals surface area contributed by atoms with E-state index >= 15 is 0 Å². The molecule has 1 aliphatic heterocycles. The number of rotatable bonds is 3. The summed E-state index contributed by atoms with van der Waals surface area (Å²) in [6, 6.07) is 12.3. The van der Waals surface area contributed by atoms with Crippen LogP contribution in [0.15, 0.2) is 47.2 Å². The number of hydrogen-bond donors (Lipinski definition) is 1. The second kappa shape index (κ2) is 5.44. The van der Waals surface area contributed by atoms with Crippen LogP contribution in [0.4, 0.5) is 11.5 Å². The van der Waals surface area contributed by atoms with Gasteiger partial charge in [0, 0.05) is 19.6 Å². The lowest BCUT2D eigenvalue weighted by Crippen LogP contribution is -2.34. The first-order chi connectivity index (χ1) is 10.9. The lowest BCUT2D eigenvalue weighted by molar-refractivity contribution is 0.565. The lowest BCUT2D eigenvalue weighted by atomic mass is 10.2. The van der Waals surface area contributed by atoms with E-state index < -0.39 is 0 Å². The molecule has 0 aliphatic carbocycles. The third-order valence-corrected chi connectivity index (χ3v) is 3.58. The SMILES string of the molecule is c1ccc(CN2CCNc3nnc(-c4nnco4)cc32)cc1. The fourth-order valence-electron chi connectivity index (χ4n) is 2.54. The Balaban J connectivity index is 1.68. The maximum Gasteiger partial charge on any atom is 0.268 e. The van der Waals surface area contributed by atoms with Crippen molar-refractivity contribution in [3.63, 3.8) is 0 Å². The highest BCUT2D eigenvalue weighted by Gasteiger charge is 2.20. The fourth-order valence-corrected chi connectivity index (χ4v) is 2.54. The zero-order valence-corrected chi connectivity index (χ0v) is 11.8. The third kappa shape index (κ3) is 2.37. The van der Waals surface area contributed by atoms with Gasteiger partial charge in [-0.25, -0.2) is 0 Å². The van der Waals surface area contributed by atoms with Crippen molar-refractivity contribution in [3.05, 3.63) is 48.4 Å². The molecule has 0 fully saturated rings. The molecule has 3 aromatic rings. The van der Waals surface area contributed by atoms with Gasteiger partial charge in [-0.15, -0.1) is 20.4 Å². The number of fused-ring (bicyclic) bond motifs is 1. The highest BCUT2D eigenvalue weighted by atomic mass is 16.4. The van der Waals surface area contributed by atoms with E-state index in [9.17, 15) is 0 Å². The molecule has 110 valence electrons. The molecule has 0 unspecified atom stereocenters. The van der Waals surface area contributed by atoms with Crippen LogP contribution in [0.25, 0.3) is 11.6 Å². The average molecular weight is 294 g/mol. The molecule has 22 heavy (non-hydrogen) atoms. The minimum atomic E-state index is 0.375. The molecular weight excluding hydrogens is 280 g/mol. The first kappa shape index (κ1) is 12.8. The van der Waals surface area contributed by atoms with E-state index in [0.717, 1.165) is 31.1 Å². The highest BCUT2D eigenvalue weighted by Crippen LogP contribution is 2.30. The number of aromatic nitrogens is 4. The second-order valence-corrected chi connectivity index (χ2v) is 5.04. The molecule has 1 aliphatic rings. The Bertz CT molecular complexity index is 759. The lowest BCUT2D eigenvalue weighted by Gasteiger charge is -2.31. The van der Waals surface area contributed by atoms with Crippen LogP contribution >= 0.6 is 0 Å². The molecule has 0 saturated heterocycles. The molecule has 0 saturated carbocycles. The normalized spacial score (nSPS) is 13.5. The molecule has 1 aromatic carbocycles. The Hall–Kier alpha value is -2.96. The molecule has 0 radical (unpaired) electrons. The number of hydrogen-bond acceptors (Lipinski definition) is 7. The molecule has 4 rings (SSSR count). The second-order valence-electron chi connectivity index (χ2n) is 5.04. The maximum atomic E-state index is 5.20. The van der Waals surface area contributed by atoms with Crippen molar-refractivity contribution in [1.82, 2.24) is 20.4 Å². The van der Waals surface area contributed by atoms with E-state index in [1.807, 2.05) is 24.3 Å². The van der Waals surface area contributed by atoms with Crippen LogP contribution in [0, 0.1) is 0 Å². The van der Waals surface area contributed by atoms with Crippen LogP contribution in [0.3, 0.4) is 0 Å². The van der Waals surface area contributed by atoms with Crippen LogP contribution in [0.1, 0.15) is 5.56 Å².